The minimum Gasteiger partial charge on any atom is -0.381 e. The summed E-state index contributed by atoms with van der Waals surface area (Å²) in [6.07, 6.45) is 2.15. The van der Waals surface area contributed by atoms with Gasteiger partial charge in [0.25, 0.3) is 5.91 Å². The number of nitrogen functional groups attached to an aromatic ring is 1. The van der Waals surface area contributed by atoms with E-state index in [9.17, 15) is 9.59 Å². The summed E-state index contributed by atoms with van der Waals surface area (Å²) in [5, 5.41) is 18.5. The first-order valence-corrected chi connectivity index (χ1v) is 9.72. The molecule has 0 spiro atoms. The maximum atomic E-state index is 12.7. The Bertz CT molecular complexity index is 843. The molecular weight excluding hydrogens is 370 g/mol. The van der Waals surface area contributed by atoms with Crippen LogP contribution in [0, 0.1) is 5.92 Å². The summed E-state index contributed by atoms with van der Waals surface area (Å²) >= 11 is 1.23. The monoisotopic (exact) mass is 391 g/mol. The number of aromatic nitrogens is 4. The van der Waals surface area contributed by atoms with Crippen molar-refractivity contribution in [1.82, 2.24) is 30.6 Å². The first-order valence-electron chi connectivity index (χ1n) is 8.90. The molecule has 4 N–H and O–H groups in total. The zero-order valence-corrected chi connectivity index (χ0v) is 15.5. The van der Waals surface area contributed by atoms with Gasteiger partial charge in [-0.3, -0.25) is 14.7 Å². The third-order valence-electron chi connectivity index (χ3n) is 4.91. The number of anilines is 1. The zero-order valence-electron chi connectivity index (χ0n) is 14.7. The van der Waals surface area contributed by atoms with Crippen molar-refractivity contribution in [2.24, 2.45) is 5.92 Å². The maximum Gasteiger partial charge on any atom is 0.272 e. The second-order valence-electron chi connectivity index (χ2n) is 6.64. The van der Waals surface area contributed by atoms with E-state index >= 15 is 0 Å². The molecule has 0 unspecified atom stereocenters. The van der Waals surface area contributed by atoms with E-state index in [2.05, 4.69) is 25.7 Å². The van der Waals surface area contributed by atoms with Gasteiger partial charge in [-0.25, -0.2) is 0 Å². The van der Waals surface area contributed by atoms with Gasteiger partial charge >= 0.3 is 0 Å². The number of nitrogens with zero attached hydrogens (tertiary/aromatic N) is 4. The van der Waals surface area contributed by atoms with Crippen molar-refractivity contribution in [3.05, 3.63) is 22.0 Å². The molecule has 0 bridgehead atoms. The van der Waals surface area contributed by atoms with Crippen LogP contribution >= 0.6 is 11.3 Å². The Labute approximate surface area is 159 Å². The standard InChI is InChI=1S/C16H21N7O3S/c17-16-22-20-12(27-16)7-18-14(24)13-10-1-4-23(8-11(10)19-21-13)15(25)9-2-5-26-6-3-9/h9H,1-8H2,(H2,17,22)(H,18,24)(H,19,21). The highest BCUT2D eigenvalue weighted by atomic mass is 32.1. The number of nitrogens with one attached hydrogen (secondary N) is 2. The molecule has 1 saturated heterocycles. The third kappa shape index (κ3) is 3.78. The van der Waals surface area contributed by atoms with Gasteiger partial charge in [0.2, 0.25) is 11.0 Å². The lowest BCUT2D eigenvalue weighted by Crippen LogP contribution is -2.41. The molecule has 2 aromatic heterocycles. The second-order valence-corrected chi connectivity index (χ2v) is 7.74. The molecular formula is C16H21N7O3S. The Hall–Kier alpha value is -2.53. The highest BCUT2D eigenvalue weighted by Crippen LogP contribution is 2.24. The van der Waals surface area contributed by atoms with Crippen molar-refractivity contribution in [2.75, 3.05) is 25.5 Å². The summed E-state index contributed by atoms with van der Waals surface area (Å²) in [5.74, 6) is -0.0748. The fraction of sp³-hybridized carbons (Fsp3) is 0.562. The summed E-state index contributed by atoms with van der Waals surface area (Å²) in [6.45, 7) is 2.59. The minimum atomic E-state index is -0.273. The van der Waals surface area contributed by atoms with E-state index in [1.807, 2.05) is 4.90 Å². The fourth-order valence-corrected chi connectivity index (χ4v) is 4.02. The summed E-state index contributed by atoms with van der Waals surface area (Å²) in [7, 11) is 0. The second kappa shape index (κ2) is 7.61. The lowest BCUT2D eigenvalue weighted by molar-refractivity contribution is -0.139. The molecule has 0 aliphatic carbocycles. The topological polar surface area (TPSA) is 139 Å². The van der Waals surface area contributed by atoms with Crippen molar-refractivity contribution in [3.63, 3.8) is 0 Å². The van der Waals surface area contributed by atoms with Crippen LogP contribution in [0.4, 0.5) is 5.13 Å². The Balaban J connectivity index is 1.39. The molecule has 27 heavy (non-hydrogen) atoms. The van der Waals surface area contributed by atoms with E-state index < -0.39 is 0 Å². The molecule has 0 saturated carbocycles. The Morgan fingerprint density at radius 1 is 1.33 bits per heavy atom. The normalized spacial score (nSPS) is 17.6. The van der Waals surface area contributed by atoms with E-state index in [-0.39, 0.29) is 24.3 Å². The molecule has 144 valence electrons. The van der Waals surface area contributed by atoms with Crippen molar-refractivity contribution in [3.8, 4) is 0 Å². The molecule has 4 heterocycles. The van der Waals surface area contributed by atoms with Crippen molar-refractivity contribution in [2.45, 2.75) is 32.4 Å². The lowest BCUT2D eigenvalue weighted by Gasteiger charge is -2.31. The van der Waals surface area contributed by atoms with E-state index in [0.29, 0.717) is 48.6 Å². The molecule has 2 amide bonds. The summed E-state index contributed by atoms with van der Waals surface area (Å²) in [6, 6.07) is 0. The van der Waals surface area contributed by atoms with Gasteiger partial charge in [0.1, 0.15) is 5.01 Å². The number of aromatic amines is 1. The molecule has 2 aliphatic heterocycles. The smallest absolute Gasteiger partial charge is 0.272 e. The van der Waals surface area contributed by atoms with Crippen LogP contribution in [0.2, 0.25) is 0 Å². The van der Waals surface area contributed by atoms with Gasteiger partial charge < -0.3 is 20.7 Å². The highest BCUT2D eigenvalue weighted by molar-refractivity contribution is 7.15. The molecule has 0 radical (unpaired) electrons. The van der Waals surface area contributed by atoms with Crippen molar-refractivity contribution in [1.29, 1.82) is 0 Å². The SMILES string of the molecule is Nc1nnc(CNC(=O)c2n[nH]c3c2CCN(C(=O)C2CCOCC2)C3)s1. The summed E-state index contributed by atoms with van der Waals surface area (Å²) in [4.78, 5) is 27.0. The Morgan fingerprint density at radius 3 is 2.89 bits per heavy atom. The average molecular weight is 391 g/mol. The summed E-state index contributed by atoms with van der Waals surface area (Å²) in [5.41, 5.74) is 7.61. The van der Waals surface area contributed by atoms with E-state index in [0.717, 1.165) is 24.1 Å². The number of hydrogen-bond donors (Lipinski definition) is 3. The molecule has 10 nitrogen and oxygen atoms in total. The number of ether oxygens (including phenoxy) is 1. The number of rotatable bonds is 4. The predicted octanol–water partition coefficient (Wildman–Crippen LogP) is 0.0847. The van der Waals surface area contributed by atoms with Gasteiger partial charge in [0.15, 0.2) is 5.69 Å². The number of H-pyrrole nitrogens is 1. The third-order valence-corrected chi connectivity index (χ3v) is 5.67. The van der Waals surface area contributed by atoms with Crippen LogP contribution in [0.1, 0.15) is 39.6 Å². The van der Waals surface area contributed by atoms with Crippen LogP contribution < -0.4 is 11.1 Å². The highest BCUT2D eigenvalue weighted by Gasteiger charge is 2.31. The molecule has 0 aromatic carbocycles. The van der Waals surface area contributed by atoms with Crippen LogP contribution in [0.15, 0.2) is 0 Å². The van der Waals surface area contributed by atoms with Gasteiger partial charge in [-0.05, 0) is 19.3 Å². The molecule has 0 atom stereocenters. The van der Waals surface area contributed by atoms with E-state index in [1.165, 1.54) is 11.3 Å². The number of hydrogen-bond acceptors (Lipinski definition) is 8. The van der Waals surface area contributed by atoms with Gasteiger partial charge in [-0.2, -0.15) is 5.10 Å². The number of fused-ring (bicyclic) bond motifs is 1. The minimum absolute atomic E-state index is 0.0327. The van der Waals surface area contributed by atoms with Crippen LogP contribution in [0.5, 0.6) is 0 Å². The Morgan fingerprint density at radius 2 is 2.15 bits per heavy atom. The van der Waals surface area contributed by atoms with Gasteiger partial charge in [0, 0.05) is 31.2 Å². The van der Waals surface area contributed by atoms with Gasteiger partial charge in [-0.1, -0.05) is 11.3 Å². The zero-order chi connectivity index (χ0) is 18.8. The molecule has 11 heteroatoms. The number of carbonyl (C=O) groups is 2. The number of amides is 2. The Kier molecular flexibility index (Phi) is 5.03. The van der Waals surface area contributed by atoms with Crippen LogP contribution in [-0.2, 0) is 29.0 Å². The molecule has 1 fully saturated rings. The predicted molar refractivity (Wildman–Crippen MR) is 96.7 cm³/mol. The fourth-order valence-electron chi connectivity index (χ4n) is 3.47. The number of nitrogens with two attached hydrogens (primary N) is 1. The maximum absolute atomic E-state index is 12.7. The van der Waals surface area contributed by atoms with Gasteiger partial charge in [0.05, 0.1) is 18.8 Å². The average Bonchev–Trinajstić information content (AvgIpc) is 3.31. The lowest BCUT2D eigenvalue weighted by atomic mass is 9.96. The van der Waals surface area contributed by atoms with Crippen LogP contribution in [-0.4, -0.2) is 56.9 Å². The molecule has 4 rings (SSSR count). The summed E-state index contributed by atoms with van der Waals surface area (Å²) < 4.78 is 5.33. The van der Waals surface area contributed by atoms with Crippen molar-refractivity contribution >= 4 is 28.3 Å². The van der Waals surface area contributed by atoms with Crippen LogP contribution in [0.25, 0.3) is 0 Å². The van der Waals surface area contributed by atoms with E-state index in [1.54, 1.807) is 0 Å². The molecule has 2 aliphatic rings. The largest absolute Gasteiger partial charge is 0.381 e. The van der Waals surface area contributed by atoms with Crippen LogP contribution in [0.3, 0.4) is 0 Å². The van der Waals surface area contributed by atoms with E-state index in [4.69, 9.17) is 10.5 Å². The quantitative estimate of drug-likeness (QED) is 0.671. The van der Waals surface area contributed by atoms with Gasteiger partial charge in [-0.15, -0.1) is 10.2 Å². The van der Waals surface area contributed by atoms with Crippen molar-refractivity contribution < 1.29 is 14.3 Å². The number of carbonyl (C=O) groups excluding carboxylic acids is 2. The molecule has 2 aromatic rings. The first-order chi connectivity index (χ1) is 13.1. The first kappa shape index (κ1) is 17.9.